The summed E-state index contributed by atoms with van der Waals surface area (Å²) in [6.07, 6.45) is 2.43. The average molecular weight is 416 g/mol. The van der Waals surface area contributed by atoms with Crippen molar-refractivity contribution < 1.29 is 0 Å². The zero-order valence-electron chi connectivity index (χ0n) is 14.1. The summed E-state index contributed by atoms with van der Waals surface area (Å²) in [6, 6.07) is 0. The van der Waals surface area contributed by atoms with Gasteiger partial charge in [0.15, 0.2) is 10.8 Å². The highest BCUT2D eigenvalue weighted by atomic mass is 32.1. The molecule has 5 aromatic rings. The van der Waals surface area contributed by atoms with Crippen LogP contribution in [-0.2, 0) is 20.0 Å². The van der Waals surface area contributed by atoms with Gasteiger partial charge in [0, 0.05) is 29.6 Å². The second-order valence-corrected chi connectivity index (χ2v) is 8.71. The van der Waals surface area contributed by atoms with Crippen molar-refractivity contribution in [2.24, 2.45) is 7.05 Å². The summed E-state index contributed by atoms with van der Waals surface area (Å²) in [6.45, 7) is 0.295. The number of aryl methyl sites for hydroxylation is 1. The molecule has 0 spiro atoms. The van der Waals surface area contributed by atoms with E-state index in [1.54, 1.807) is 28.9 Å². The van der Waals surface area contributed by atoms with Crippen LogP contribution in [0.5, 0.6) is 0 Å². The van der Waals surface area contributed by atoms with Crippen LogP contribution < -0.4 is 11.3 Å². The number of aromatic nitrogens is 6. The first kappa shape index (κ1) is 16.5. The van der Waals surface area contributed by atoms with Crippen LogP contribution in [0.15, 0.2) is 27.3 Å². The lowest BCUT2D eigenvalue weighted by atomic mass is 10.3. The van der Waals surface area contributed by atoms with E-state index in [0.717, 1.165) is 32.1 Å². The molecule has 0 unspecified atom stereocenters. The smallest absolute Gasteiger partial charge is 0.291 e. The molecule has 0 saturated carbocycles. The van der Waals surface area contributed by atoms with Crippen molar-refractivity contribution in [2.75, 3.05) is 5.73 Å². The van der Waals surface area contributed by atoms with Crippen LogP contribution in [-0.4, -0.2) is 29.3 Å². The Morgan fingerprint density at radius 2 is 2.11 bits per heavy atom. The lowest BCUT2D eigenvalue weighted by Crippen LogP contribution is -2.24. The first-order valence-electron chi connectivity index (χ1n) is 8.01. The molecule has 0 fully saturated rings. The van der Waals surface area contributed by atoms with E-state index in [1.165, 1.54) is 16.0 Å². The molecule has 0 aliphatic rings. The molecule has 0 amide bonds. The second kappa shape index (κ2) is 6.22. The molecular formula is C16H13N7OS3. The van der Waals surface area contributed by atoms with Gasteiger partial charge in [-0.05, 0) is 0 Å². The van der Waals surface area contributed by atoms with Crippen LogP contribution >= 0.6 is 34.0 Å². The first-order chi connectivity index (χ1) is 13.1. The number of hydrogen-bond donors (Lipinski definition) is 1. The molecule has 5 aromatic heterocycles. The van der Waals surface area contributed by atoms with Crippen molar-refractivity contribution in [2.45, 2.75) is 13.0 Å². The van der Waals surface area contributed by atoms with E-state index in [2.05, 4.69) is 15.1 Å². The fraction of sp³-hybridized carbons (Fsp3) is 0.188. The van der Waals surface area contributed by atoms with Crippen molar-refractivity contribution in [3.63, 3.8) is 0 Å². The molecule has 0 saturated heterocycles. The van der Waals surface area contributed by atoms with E-state index in [0.29, 0.717) is 23.6 Å². The molecule has 8 nitrogen and oxygen atoms in total. The largest absolute Gasteiger partial charge is 0.375 e. The zero-order valence-corrected chi connectivity index (χ0v) is 16.6. The van der Waals surface area contributed by atoms with E-state index < -0.39 is 0 Å². The monoisotopic (exact) mass is 415 g/mol. The third-order valence-electron chi connectivity index (χ3n) is 4.27. The summed E-state index contributed by atoms with van der Waals surface area (Å²) in [5.74, 6) is 0. The summed E-state index contributed by atoms with van der Waals surface area (Å²) < 4.78 is 4.24. The third kappa shape index (κ3) is 2.74. The molecule has 27 heavy (non-hydrogen) atoms. The highest BCUT2D eigenvalue weighted by Gasteiger charge is 2.18. The van der Waals surface area contributed by atoms with Gasteiger partial charge in [0.1, 0.15) is 10.5 Å². The van der Waals surface area contributed by atoms with Crippen LogP contribution in [0.4, 0.5) is 5.13 Å². The van der Waals surface area contributed by atoms with Crippen LogP contribution in [0.1, 0.15) is 16.4 Å². The van der Waals surface area contributed by atoms with Gasteiger partial charge in [-0.3, -0.25) is 4.79 Å². The number of hydrogen-bond acceptors (Lipinski definition) is 9. The van der Waals surface area contributed by atoms with E-state index >= 15 is 0 Å². The number of fused-ring (bicyclic) bond motifs is 3. The third-order valence-corrected chi connectivity index (χ3v) is 6.70. The van der Waals surface area contributed by atoms with Gasteiger partial charge >= 0.3 is 0 Å². The molecule has 0 aromatic carbocycles. The van der Waals surface area contributed by atoms with Gasteiger partial charge in [0.05, 0.1) is 34.3 Å². The Morgan fingerprint density at radius 3 is 2.85 bits per heavy atom. The van der Waals surface area contributed by atoms with Gasteiger partial charge in [-0.15, -0.1) is 34.0 Å². The molecule has 5 heterocycles. The quantitative estimate of drug-likeness (QED) is 0.483. The van der Waals surface area contributed by atoms with Crippen LogP contribution in [0.25, 0.3) is 21.3 Å². The van der Waals surface area contributed by atoms with Crippen molar-refractivity contribution in [3.8, 4) is 0 Å². The summed E-state index contributed by atoms with van der Waals surface area (Å²) in [7, 11) is 1.86. The summed E-state index contributed by atoms with van der Waals surface area (Å²) >= 11 is 4.51. The fourth-order valence-electron chi connectivity index (χ4n) is 3.05. The predicted octanol–water partition coefficient (Wildman–Crippen LogP) is 2.48. The minimum absolute atomic E-state index is 0.159. The molecular weight excluding hydrogens is 402 g/mol. The summed E-state index contributed by atoms with van der Waals surface area (Å²) in [5.41, 5.74) is 10.5. The normalized spacial score (nSPS) is 11.7. The van der Waals surface area contributed by atoms with Gasteiger partial charge in [-0.2, -0.15) is 5.10 Å². The lowest BCUT2D eigenvalue weighted by Gasteiger charge is -2.03. The Labute approximate surface area is 164 Å². The molecule has 0 radical (unpaired) electrons. The Morgan fingerprint density at radius 1 is 1.22 bits per heavy atom. The zero-order chi connectivity index (χ0) is 18.5. The number of rotatable bonds is 4. The molecule has 0 aliphatic carbocycles. The topological polar surface area (TPSA) is 105 Å². The van der Waals surface area contributed by atoms with Crippen LogP contribution in [0.2, 0.25) is 0 Å². The van der Waals surface area contributed by atoms with Gasteiger partial charge in [0.2, 0.25) is 0 Å². The van der Waals surface area contributed by atoms with E-state index in [4.69, 9.17) is 10.7 Å². The summed E-state index contributed by atoms with van der Waals surface area (Å²) in [4.78, 5) is 26.2. The highest BCUT2D eigenvalue weighted by Crippen LogP contribution is 2.31. The van der Waals surface area contributed by atoms with Gasteiger partial charge in [-0.25, -0.2) is 19.6 Å². The average Bonchev–Trinajstić information content (AvgIpc) is 3.40. The minimum Gasteiger partial charge on any atom is -0.375 e. The predicted molar refractivity (Wildman–Crippen MR) is 109 cm³/mol. The fourth-order valence-corrected chi connectivity index (χ4v) is 5.28. The standard InChI is InChI=1S/C16H13N7OS3/c1-22-12-10(3-19-23(15(12)24)4-9-6-26-16(17)20-9)13-14(22)21-11(27-13)2-8-5-25-7-18-8/h3,5-7H,2,4H2,1H3,(H2,17,20). The molecule has 0 aliphatic heterocycles. The van der Waals surface area contributed by atoms with Gasteiger partial charge in [-0.1, -0.05) is 0 Å². The number of thiazole rings is 3. The Bertz CT molecular complexity index is 1330. The van der Waals surface area contributed by atoms with Crippen LogP contribution in [0, 0.1) is 0 Å². The van der Waals surface area contributed by atoms with Crippen molar-refractivity contribution >= 4 is 60.4 Å². The SMILES string of the molecule is Cn1c2nc(Cc3cscn3)sc2c2cnn(Cc3csc(N)n3)c(=O)c21. The van der Waals surface area contributed by atoms with E-state index in [1.807, 2.05) is 27.9 Å². The number of anilines is 1. The van der Waals surface area contributed by atoms with Crippen molar-refractivity contribution in [1.29, 1.82) is 0 Å². The molecule has 2 N–H and O–H groups in total. The molecule has 0 bridgehead atoms. The minimum atomic E-state index is -0.159. The molecule has 5 rings (SSSR count). The molecule has 11 heteroatoms. The van der Waals surface area contributed by atoms with E-state index in [9.17, 15) is 4.79 Å². The maximum atomic E-state index is 13.0. The lowest BCUT2D eigenvalue weighted by molar-refractivity contribution is 0.635. The second-order valence-electron chi connectivity index (χ2n) is 6.02. The number of nitrogens with zero attached hydrogens (tertiary/aromatic N) is 6. The molecule has 0 atom stereocenters. The van der Waals surface area contributed by atoms with Crippen molar-refractivity contribution in [3.05, 3.63) is 49.2 Å². The van der Waals surface area contributed by atoms with Crippen molar-refractivity contribution in [1.82, 2.24) is 29.3 Å². The van der Waals surface area contributed by atoms with Gasteiger partial charge in [0.25, 0.3) is 5.56 Å². The first-order valence-corrected chi connectivity index (χ1v) is 10.6. The van der Waals surface area contributed by atoms with E-state index in [-0.39, 0.29) is 5.56 Å². The number of nitrogens with two attached hydrogens (primary N) is 1. The summed E-state index contributed by atoms with van der Waals surface area (Å²) in [5, 5.41) is 10.5. The Kier molecular flexibility index (Phi) is 3.81. The highest BCUT2D eigenvalue weighted by molar-refractivity contribution is 7.19. The Balaban J connectivity index is 1.60. The maximum Gasteiger partial charge on any atom is 0.291 e. The number of nitrogen functional groups attached to an aromatic ring is 1. The molecule has 136 valence electrons. The maximum absolute atomic E-state index is 13.0. The van der Waals surface area contributed by atoms with Gasteiger partial charge < -0.3 is 10.3 Å². The van der Waals surface area contributed by atoms with Crippen LogP contribution in [0.3, 0.4) is 0 Å². The Hall–Kier alpha value is -2.63.